The van der Waals surface area contributed by atoms with Gasteiger partial charge in [-0.05, 0) is 36.2 Å². The minimum atomic E-state index is -0.600. The van der Waals surface area contributed by atoms with Gasteiger partial charge in [-0.3, -0.25) is 0 Å². The fraction of sp³-hybridized carbons (Fsp3) is 0.286. The number of aryl methyl sites for hydroxylation is 1. The van der Waals surface area contributed by atoms with Gasteiger partial charge in [0.05, 0.1) is 6.26 Å². The van der Waals surface area contributed by atoms with E-state index >= 15 is 0 Å². The molecule has 3 nitrogen and oxygen atoms in total. The Labute approximate surface area is 115 Å². The SMILES string of the molecule is Cc1cc(CNCC(O)c2ccco2)ccc1Br. The lowest BCUT2D eigenvalue weighted by atomic mass is 10.1. The molecular weight excluding hydrogens is 294 g/mol. The Hall–Kier alpha value is -1.10. The number of nitrogens with one attached hydrogen (secondary N) is 1. The van der Waals surface area contributed by atoms with Crippen molar-refractivity contribution in [2.45, 2.75) is 19.6 Å². The quantitative estimate of drug-likeness (QED) is 0.891. The monoisotopic (exact) mass is 309 g/mol. The highest BCUT2D eigenvalue weighted by atomic mass is 79.9. The zero-order chi connectivity index (χ0) is 13.0. The van der Waals surface area contributed by atoms with Gasteiger partial charge in [-0.2, -0.15) is 0 Å². The number of aliphatic hydroxyl groups is 1. The number of aliphatic hydroxyl groups excluding tert-OH is 1. The first-order chi connectivity index (χ1) is 8.66. The van der Waals surface area contributed by atoms with Gasteiger partial charge in [0.15, 0.2) is 0 Å². The first kappa shape index (κ1) is 13.3. The summed E-state index contributed by atoms with van der Waals surface area (Å²) in [6, 6.07) is 9.77. The maximum atomic E-state index is 9.82. The van der Waals surface area contributed by atoms with Crippen molar-refractivity contribution in [1.82, 2.24) is 5.32 Å². The lowest BCUT2D eigenvalue weighted by Gasteiger charge is -2.10. The Morgan fingerprint density at radius 3 is 2.89 bits per heavy atom. The minimum Gasteiger partial charge on any atom is -0.467 e. The second-order valence-electron chi connectivity index (χ2n) is 4.25. The largest absolute Gasteiger partial charge is 0.467 e. The van der Waals surface area contributed by atoms with Gasteiger partial charge in [0.1, 0.15) is 11.9 Å². The Balaban J connectivity index is 1.83. The van der Waals surface area contributed by atoms with Crippen molar-refractivity contribution in [2.24, 2.45) is 0 Å². The molecule has 0 saturated carbocycles. The van der Waals surface area contributed by atoms with Crippen LogP contribution >= 0.6 is 15.9 Å². The number of benzene rings is 1. The van der Waals surface area contributed by atoms with Crippen LogP contribution in [0.2, 0.25) is 0 Å². The highest BCUT2D eigenvalue weighted by molar-refractivity contribution is 9.10. The molecule has 0 aliphatic carbocycles. The third kappa shape index (κ3) is 3.45. The average molecular weight is 310 g/mol. The second-order valence-corrected chi connectivity index (χ2v) is 5.10. The van der Waals surface area contributed by atoms with E-state index in [9.17, 15) is 5.11 Å². The van der Waals surface area contributed by atoms with E-state index in [-0.39, 0.29) is 0 Å². The van der Waals surface area contributed by atoms with Crippen LogP contribution in [-0.2, 0) is 6.54 Å². The van der Waals surface area contributed by atoms with E-state index in [0.29, 0.717) is 12.3 Å². The molecule has 96 valence electrons. The number of hydrogen-bond acceptors (Lipinski definition) is 3. The highest BCUT2D eigenvalue weighted by Crippen LogP contribution is 2.17. The fourth-order valence-electron chi connectivity index (χ4n) is 1.75. The third-order valence-electron chi connectivity index (χ3n) is 2.76. The molecule has 0 spiro atoms. The molecule has 2 rings (SSSR count). The van der Waals surface area contributed by atoms with Crippen LogP contribution in [0.4, 0.5) is 0 Å². The van der Waals surface area contributed by atoms with Gasteiger partial charge in [0.2, 0.25) is 0 Å². The zero-order valence-corrected chi connectivity index (χ0v) is 11.8. The topological polar surface area (TPSA) is 45.4 Å². The number of rotatable bonds is 5. The molecule has 0 bridgehead atoms. The van der Waals surface area contributed by atoms with Crippen LogP contribution in [0.1, 0.15) is 23.0 Å². The first-order valence-electron chi connectivity index (χ1n) is 5.84. The van der Waals surface area contributed by atoms with Crippen LogP contribution in [0.3, 0.4) is 0 Å². The van der Waals surface area contributed by atoms with E-state index in [1.165, 1.54) is 11.1 Å². The van der Waals surface area contributed by atoms with E-state index in [4.69, 9.17) is 4.42 Å². The normalized spacial score (nSPS) is 12.6. The van der Waals surface area contributed by atoms with Gasteiger partial charge < -0.3 is 14.8 Å². The average Bonchev–Trinajstić information content (AvgIpc) is 2.87. The van der Waals surface area contributed by atoms with Crippen LogP contribution in [0, 0.1) is 6.92 Å². The van der Waals surface area contributed by atoms with Crippen molar-refractivity contribution in [3.8, 4) is 0 Å². The van der Waals surface area contributed by atoms with Crippen molar-refractivity contribution >= 4 is 15.9 Å². The van der Waals surface area contributed by atoms with Crippen LogP contribution in [0.15, 0.2) is 45.5 Å². The lowest BCUT2D eigenvalue weighted by Crippen LogP contribution is -2.20. The standard InChI is InChI=1S/C14H16BrNO2/c1-10-7-11(4-5-12(10)15)8-16-9-13(17)14-3-2-6-18-14/h2-7,13,16-17H,8-9H2,1H3. The molecule has 1 aromatic heterocycles. The predicted octanol–water partition coefficient (Wildman–Crippen LogP) is 3.17. The van der Waals surface area contributed by atoms with Crippen LogP contribution in [0.25, 0.3) is 0 Å². The maximum Gasteiger partial charge on any atom is 0.133 e. The molecule has 1 aromatic carbocycles. The van der Waals surface area contributed by atoms with E-state index in [2.05, 4.69) is 40.3 Å². The molecule has 0 radical (unpaired) electrons. The highest BCUT2D eigenvalue weighted by Gasteiger charge is 2.09. The minimum absolute atomic E-state index is 0.475. The van der Waals surface area contributed by atoms with Crippen molar-refractivity contribution < 1.29 is 9.52 Å². The van der Waals surface area contributed by atoms with Crippen molar-refractivity contribution in [3.63, 3.8) is 0 Å². The van der Waals surface area contributed by atoms with Gasteiger partial charge in [-0.1, -0.05) is 28.1 Å². The molecule has 2 aromatic rings. The van der Waals surface area contributed by atoms with Gasteiger partial charge >= 0.3 is 0 Å². The van der Waals surface area contributed by atoms with Crippen LogP contribution < -0.4 is 5.32 Å². The summed E-state index contributed by atoms with van der Waals surface area (Å²) in [6.07, 6.45) is 0.966. The van der Waals surface area contributed by atoms with Crippen molar-refractivity contribution in [2.75, 3.05) is 6.54 Å². The Morgan fingerprint density at radius 1 is 1.39 bits per heavy atom. The summed E-state index contributed by atoms with van der Waals surface area (Å²) in [4.78, 5) is 0. The number of furan rings is 1. The van der Waals surface area contributed by atoms with Crippen molar-refractivity contribution in [3.05, 3.63) is 58.0 Å². The zero-order valence-electron chi connectivity index (χ0n) is 10.2. The first-order valence-corrected chi connectivity index (χ1v) is 6.63. The fourth-order valence-corrected chi connectivity index (χ4v) is 2.00. The van der Waals surface area contributed by atoms with E-state index < -0.39 is 6.10 Å². The molecule has 0 saturated heterocycles. The van der Waals surface area contributed by atoms with Crippen LogP contribution in [0.5, 0.6) is 0 Å². The van der Waals surface area contributed by atoms with E-state index in [1.54, 1.807) is 18.4 Å². The molecular formula is C14H16BrNO2. The Morgan fingerprint density at radius 2 is 2.22 bits per heavy atom. The maximum absolute atomic E-state index is 9.82. The van der Waals surface area contributed by atoms with Gasteiger partial charge in [0.25, 0.3) is 0 Å². The van der Waals surface area contributed by atoms with Gasteiger partial charge in [-0.15, -0.1) is 0 Å². The molecule has 1 heterocycles. The van der Waals surface area contributed by atoms with Gasteiger partial charge in [0, 0.05) is 17.6 Å². The summed E-state index contributed by atoms with van der Waals surface area (Å²) in [7, 11) is 0. The van der Waals surface area contributed by atoms with E-state index in [1.807, 2.05) is 6.07 Å². The molecule has 0 aliphatic rings. The summed E-state index contributed by atoms with van der Waals surface area (Å²) in [5, 5.41) is 13.0. The van der Waals surface area contributed by atoms with Crippen molar-refractivity contribution in [1.29, 1.82) is 0 Å². The number of hydrogen-bond donors (Lipinski definition) is 2. The third-order valence-corrected chi connectivity index (χ3v) is 3.65. The molecule has 1 atom stereocenters. The smallest absolute Gasteiger partial charge is 0.133 e. The summed E-state index contributed by atoms with van der Waals surface area (Å²) < 4.78 is 6.25. The molecule has 2 N–H and O–H groups in total. The summed E-state index contributed by atoms with van der Waals surface area (Å²) in [6.45, 7) is 3.26. The molecule has 4 heteroatoms. The molecule has 1 unspecified atom stereocenters. The number of halogens is 1. The Kier molecular flexibility index (Phi) is 4.58. The lowest BCUT2D eigenvalue weighted by molar-refractivity contribution is 0.147. The van der Waals surface area contributed by atoms with Crippen LogP contribution in [-0.4, -0.2) is 11.7 Å². The van der Waals surface area contributed by atoms with Gasteiger partial charge in [-0.25, -0.2) is 0 Å². The molecule has 0 fully saturated rings. The molecule has 18 heavy (non-hydrogen) atoms. The molecule has 0 amide bonds. The molecule has 0 aliphatic heterocycles. The Bertz CT molecular complexity index is 497. The summed E-state index contributed by atoms with van der Waals surface area (Å²) >= 11 is 3.47. The summed E-state index contributed by atoms with van der Waals surface area (Å²) in [5.41, 5.74) is 2.41. The predicted molar refractivity (Wildman–Crippen MR) is 74.3 cm³/mol. The second kappa shape index (κ2) is 6.18. The summed E-state index contributed by atoms with van der Waals surface area (Å²) in [5.74, 6) is 0.592. The van der Waals surface area contributed by atoms with E-state index in [0.717, 1.165) is 11.0 Å².